The van der Waals surface area contributed by atoms with Gasteiger partial charge in [0.25, 0.3) is 0 Å². The molecule has 0 amide bonds. The first-order chi connectivity index (χ1) is 9.22. The van der Waals surface area contributed by atoms with E-state index in [1.54, 1.807) is 41.5 Å². The third-order valence-corrected chi connectivity index (χ3v) is 2.67. The summed E-state index contributed by atoms with van der Waals surface area (Å²) >= 11 is 0. The van der Waals surface area contributed by atoms with Gasteiger partial charge < -0.3 is 8.98 Å². The Balaban J connectivity index is 2.15. The monoisotopic (exact) mass is 256 g/mol. The standard InChI is InChI=1S/C14H9FN2O2/c15-11-3-1-2-10(6-11)13-7-12(8-14(18)19-13)17-5-4-16-9-17/h1-9H. The van der Waals surface area contributed by atoms with Crippen LogP contribution in [0.5, 0.6) is 0 Å². The molecule has 0 aliphatic rings. The summed E-state index contributed by atoms with van der Waals surface area (Å²) in [5.74, 6) is -0.0658. The molecule has 0 spiro atoms. The van der Waals surface area contributed by atoms with E-state index in [1.807, 2.05) is 0 Å². The number of imidazole rings is 1. The minimum absolute atomic E-state index is 0.315. The molecular formula is C14H9FN2O2. The molecule has 0 unspecified atom stereocenters. The van der Waals surface area contributed by atoms with E-state index in [0.29, 0.717) is 17.0 Å². The molecule has 0 radical (unpaired) electrons. The number of halogens is 1. The minimum Gasteiger partial charge on any atom is -0.423 e. The van der Waals surface area contributed by atoms with Crippen LogP contribution in [0.3, 0.4) is 0 Å². The van der Waals surface area contributed by atoms with Gasteiger partial charge in [-0.2, -0.15) is 0 Å². The van der Waals surface area contributed by atoms with Crippen molar-refractivity contribution >= 4 is 0 Å². The Kier molecular flexibility index (Phi) is 2.72. The predicted molar refractivity (Wildman–Crippen MR) is 67.5 cm³/mol. The maximum Gasteiger partial charge on any atom is 0.338 e. The van der Waals surface area contributed by atoms with Crippen LogP contribution in [0.25, 0.3) is 17.0 Å². The normalized spacial score (nSPS) is 10.6. The number of benzene rings is 1. The first-order valence-electron chi connectivity index (χ1n) is 5.62. The van der Waals surface area contributed by atoms with E-state index in [1.165, 1.54) is 18.2 Å². The van der Waals surface area contributed by atoms with Crippen molar-refractivity contribution in [3.05, 3.63) is 71.4 Å². The summed E-state index contributed by atoms with van der Waals surface area (Å²) in [6.07, 6.45) is 4.89. The number of hydrogen-bond acceptors (Lipinski definition) is 3. The Bertz CT molecular complexity index is 763. The highest BCUT2D eigenvalue weighted by Gasteiger charge is 2.06. The van der Waals surface area contributed by atoms with Crippen molar-refractivity contribution in [3.8, 4) is 17.0 Å². The zero-order valence-corrected chi connectivity index (χ0v) is 9.79. The average molecular weight is 256 g/mol. The number of aromatic nitrogens is 2. The summed E-state index contributed by atoms with van der Waals surface area (Å²) in [7, 11) is 0. The number of hydrogen-bond donors (Lipinski definition) is 0. The van der Waals surface area contributed by atoms with Crippen LogP contribution < -0.4 is 5.63 Å². The Morgan fingerprint density at radius 2 is 2.11 bits per heavy atom. The summed E-state index contributed by atoms with van der Waals surface area (Å²) in [6, 6.07) is 8.91. The van der Waals surface area contributed by atoms with E-state index in [-0.39, 0.29) is 5.82 Å². The second-order valence-corrected chi connectivity index (χ2v) is 3.98. The van der Waals surface area contributed by atoms with Gasteiger partial charge in [-0.1, -0.05) is 12.1 Å². The smallest absolute Gasteiger partial charge is 0.338 e. The van der Waals surface area contributed by atoms with E-state index in [9.17, 15) is 9.18 Å². The zero-order valence-electron chi connectivity index (χ0n) is 9.79. The molecule has 94 valence electrons. The first kappa shape index (κ1) is 11.4. The van der Waals surface area contributed by atoms with Crippen LogP contribution in [-0.2, 0) is 0 Å². The lowest BCUT2D eigenvalue weighted by molar-refractivity contribution is 0.524. The highest BCUT2D eigenvalue weighted by Crippen LogP contribution is 2.21. The predicted octanol–water partition coefficient (Wildman–Crippen LogP) is 2.63. The van der Waals surface area contributed by atoms with Gasteiger partial charge in [0.05, 0.1) is 12.0 Å². The topological polar surface area (TPSA) is 48.0 Å². The molecule has 2 aromatic heterocycles. The molecule has 3 aromatic rings. The molecule has 0 saturated carbocycles. The summed E-state index contributed by atoms with van der Waals surface area (Å²) in [5, 5.41) is 0. The second kappa shape index (κ2) is 4.53. The third-order valence-electron chi connectivity index (χ3n) is 2.67. The molecule has 19 heavy (non-hydrogen) atoms. The fourth-order valence-electron chi connectivity index (χ4n) is 1.81. The van der Waals surface area contributed by atoms with Crippen molar-refractivity contribution in [2.75, 3.05) is 0 Å². The van der Waals surface area contributed by atoms with Crippen LogP contribution >= 0.6 is 0 Å². The maximum absolute atomic E-state index is 13.2. The van der Waals surface area contributed by atoms with Gasteiger partial charge in [0.15, 0.2) is 0 Å². The molecule has 1 aromatic carbocycles. The molecule has 0 bridgehead atoms. The van der Waals surface area contributed by atoms with Crippen molar-refractivity contribution in [3.63, 3.8) is 0 Å². The van der Waals surface area contributed by atoms with E-state index in [4.69, 9.17) is 4.42 Å². The second-order valence-electron chi connectivity index (χ2n) is 3.98. The van der Waals surface area contributed by atoms with E-state index < -0.39 is 5.63 Å². The zero-order chi connectivity index (χ0) is 13.2. The van der Waals surface area contributed by atoms with E-state index >= 15 is 0 Å². The van der Waals surface area contributed by atoms with Crippen molar-refractivity contribution < 1.29 is 8.81 Å². The van der Waals surface area contributed by atoms with Gasteiger partial charge in [-0.25, -0.2) is 14.2 Å². The summed E-state index contributed by atoms with van der Waals surface area (Å²) < 4.78 is 20.0. The quantitative estimate of drug-likeness (QED) is 0.708. The lowest BCUT2D eigenvalue weighted by Crippen LogP contribution is -2.02. The molecule has 4 nitrogen and oxygen atoms in total. The van der Waals surface area contributed by atoms with Crippen molar-refractivity contribution in [2.24, 2.45) is 0 Å². The minimum atomic E-state index is -0.495. The maximum atomic E-state index is 13.2. The molecule has 0 N–H and O–H groups in total. The van der Waals surface area contributed by atoms with Gasteiger partial charge in [0, 0.05) is 30.1 Å². The number of rotatable bonds is 2. The summed E-state index contributed by atoms with van der Waals surface area (Å²) in [4.78, 5) is 15.5. The fraction of sp³-hybridized carbons (Fsp3) is 0. The lowest BCUT2D eigenvalue weighted by Gasteiger charge is -2.04. The largest absolute Gasteiger partial charge is 0.423 e. The van der Waals surface area contributed by atoms with Crippen LogP contribution in [-0.4, -0.2) is 9.55 Å². The molecule has 0 aliphatic heterocycles. The Morgan fingerprint density at radius 3 is 2.84 bits per heavy atom. The lowest BCUT2D eigenvalue weighted by atomic mass is 10.1. The summed E-state index contributed by atoms with van der Waals surface area (Å²) in [5.41, 5.74) is 0.637. The molecule has 2 heterocycles. The van der Waals surface area contributed by atoms with Gasteiger partial charge in [-0.15, -0.1) is 0 Å². The van der Waals surface area contributed by atoms with Crippen LogP contribution in [0.2, 0.25) is 0 Å². The molecule has 0 atom stereocenters. The third kappa shape index (κ3) is 2.30. The van der Waals surface area contributed by atoms with Crippen LogP contribution in [0.4, 0.5) is 4.39 Å². The average Bonchev–Trinajstić information content (AvgIpc) is 2.92. The summed E-state index contributed by atoms with van der Waals surface area (Å²) in [6.45, 7) is 0. The molecule has 0 fully saturated rings. The highest BCUT2D eigenvalue weighted by atomic mass is 19.1. The highest BCUT2D eigenvalue weighted by molar-refractivity contribution is 5.59. The van der Waals surface area contributed by atoms with Gasteiger partial charge >= 0.3 is 5.63 Å². The van der Waals surface area contributed by atoms with Gasteiger partial charge in [-0.3, -0.25) is 0 Å². The van der Waals surface area contributed by atoms with Crippen molar-refractivity contribution in [1.82, 2.24) is 9.55 Å². The van der Waals surface area contributed by atoms with Crippen molar-refractivity contribution in [2.45, 2.75) is 0 Å². The molecule has 3 rings (SSSR count). The van der Waals surface area contributed by atoms with Crippen LogP contribution in [0, 0.1) is 5.82 Å². The van der Waals surface area contributed by atoms with Crippen molar-refractivity contribution in [1.29, 1.82) is 0 Å². The molecular weight excluding hydrogens is 247 g/mol. The van der Waals surface area contributed by atoms with Gasteiger partial charge in [0.1, 0.15) is 11.6 Å². The Labute approximate surface area is 107 Å². The molecule has 5 heteroatoms. The van der Waals surface area contributed by atoms with Gasteiger partial charge in [-0.05, 0) is 12.1 Å². The number of nitrogens with zero attached hydrogens (tertiary/aromatic N) is 2. The van der Waals surface area contributed by atoms with E-state index in [0.717, 1.165) is 0 Å². The Hall–Kier alpha value is -2.69. The SMILES string of the molecule is O=c1cc(-n2ccnc2)cc(-c2cccc(F)c2)o1. The van der Waals surface area contributed by atoms with Crippen LogP contribution in [0.15, 0.2) is 64.3 Å². The Morgan fingerprint density at radius 1 is 1.21 bits per heavy atom. The van der Waals surface area contributed by atoms with E-state index in [2.05, 4.69) is 4.98 Å². The van der Waals surface area contributed by atoms with Crippen LogP contribution in [0.1, 0.15) is 0 Å². The molecule has 0 saturated heterocycles. The molecule has 0 aliphatic carbocycles. The first-order valence-corrected chi connectivity index (χ1v) is 5.62. The fourth-order valence-corrected chi connectivity index (χ4v) is 1.81. The van der Waals surface area contributed by atoms with Gasteiger partial charge in [0.2, 0.25) is 0 Å².